The first-order chi connectivity index (χ1) is 17.0. The maximum absolute atomic E-state index is 14.5. The van der Waals surface area contributed by atoms with E-state index in [0.29, 0.717) is 5.89 Å². The molecule has 4 heterocycles. The number of nitrogens with zero attached hydrogens (tertiary/aromatic N) is 4. The molecule has 1 spiro atoms. The van der Waals surface area contributed by atoms with Gasteiger partial charge in [0.05, 0.1) is 16.5 Å². The smallest absolute Gasteiger partial charge is 0.418 e. The van der Waals surface area contributed by atoms with Crippen molar-refractivity contribution in [2.24, 2.45) is 10.8 Å². The second-order valence-corrected chi connectivity index (χ2v) is 10.9. The summed E-state index contributed by atoms with van der Waals surface area (Å²) in [7, 11) is 0. The van der Waals surface area contributed by atoms with E-state index < -0.39 is 35.3 Å². The van der Waals surface area contributed by atoms with Gasteiger partial charge >= 0.3 is 12.4 Å². The summed E-state index contributed by atoms with van der Waals surface area (Å²) in [6, 6.07) is 5.05. The van der Waals surface area contributed by atoms with Crippen LogP contribution in [0.5, 0.6) is 0 Å². The minimum absolute atomic E-state index is 0.0284. The summed E-state index contributed by atoms with van der Waals surface area (Å²) < 4.78 is 89.9. The lowest BCUT2D eigenvalue weighted by molar-refractivity contribution is -0.187. The van der Waals surface area contributed by atoms with Crippen LogP contribution in [0.2, 0.25) is 0 Å². The molecule has 1 N–H and O–H groups in total. The van der Waals surface area contributed by atoms with Crippen LogP contribution in [0.4, 0.5) is 32.0 Å². The lowest BCUT2D eigenvalue weighted by atomic mass is 9.58. The third-order valence-corrected chi connectivity index (χ3v) is 8.81. The molecule has 0 radical (unpaired) electrons. The van der Waals surface area contributed by atoms with Gasteiger partial charge in [0, 0.05) is 49.4 Å². The number of anilines is 1. The van der Waals surface area contributed by atoms with E-state index in [0.717, 1.165) is 32.0 Å². The molecule has 1 aromatic carbocycles. The van der Waals surface area contributed by atoms with Gasteiger partial charge in [-0.3, -0.25) is 4.98 Å². The van der Waals surface area contributed by atoms with Crippen molar-refractivity contribution in [3.8, 4) is 0 Å². The number of alkyl halides is 6. The lowest BCUT2D eigenvalue weighted by Gasteiger charge is -2.53. The summed E-state index contributed by atoms with van der Waals surface area (Å²) >= 11 is 0. The summed E-state index contributed by atoms with van der Waals surface area (Å²) in [6.45, 7) is 1.37. The number of hydrogen-bond donors (Lipinski definition) is 1. The zero-order chi connectivity index (χ0) is 25.1. The second-order valence-electron chi connectivity index (χ2n) is 10.9. The lowest BCUT2D eigenvalue weighted by Crippen LogP contribution is -2.59. The predicted octanol–water partition coefficient (Wildman–Crippen LogP) is 4.81. The van der Waals surface area contributed by atoms with Gasteiger partial charge in [0.2, 0.25) is 11.8 Å². The normalized spacial score (nSPS) is 29.3. The summed E-state index contributed by atoms with van der Waals surface area (Å²) in [4.78, 5) is 5.39. The van der Waals surface area contributed by atoms with Gasteiger partial charge in [0.1, 0.15) is 5.41 Å². The fourth-order valence-electron chi connectivity index (χ4n) is 6.75. The molecule has 6 nitrogen and oxygen atoms in total. The molecule has 2 saturated carbocycles. The fourth-order valence-corrected chi connectivity index (χ4v) is 6.75. The van der Waals surface area contributed by atoms with Crippen LogP contribution >= 0.6 is 0 Å². The van der Waals surface area contributed by atoms with E-state index in [2.05, 4.69) is 20.5 Å². The molecule has 7 rings (SSSR count). The number of pyridine rings is 1. The number of benzene rings is 1. The van der Waals surface area contributed by atoms with Crippen LogP contribution in [0.15, 0.2) is 34.9 Å². The number of nitrogens with one attached hydrogen (secondary N) is 1. The van der Waals surface area contributed by atoms with Crippen LogP contribution in [-0.2, 0) is 11.6 Å². The predicted molar refractivity (Wildman–Crippen MR) is 115 cm³/mol. The van der Waals surface area contributed by atoms with Crippen molar-refractivity contribution < 1.29 is 30.8 Å². The molecular formula is C24H21F6N5O. The Hall–Kier alpha value is -2.89. The summed E-state index contributed by atoms with van der Waals surface area (Å²) in [6.07, 6.45) is -6.38. The Morgan fingerprint density at radius 1 is 1.00 bits per heavy atom. The molecule has 2 aliphatic heterocycles. The topological polar surface area (TPSA) is 67.1 Å². The second kappa shape index (κ2) is 6.70. The number of hydrogen-bond acceptors (Lipinski definition) is 6. The van der Waals surface area contributed by atoms with Crippen molar-refractivity contribution in [2.45, 2.75) is 42.9 Å². The van der Waals surface area contributed by atoms with Gasteiger partial charge < -0.3 is 14.6 Å². The van der Waals surface area contributed by atoms with Crippen LogP contribution in [0.3, 0.4) is 0 Å². The van der Waals surface area contributed by atoms with E-state index in [9.17, 15) is 26.3 Å². The molecule has 0 amide bonds. The van der Waals surface area contributed by atoms with Crippen molar-refractivity contribution in [3.63, 3.8) is 0 Å². The zero-order valence-corrected chi connectivity index (χ0v) is 18.9. The van der Waals surface area contributed by atoms with E-state index in [1.165, 1.54) is 29.3 Å². The first kappa shape index (κ1) is 22.3. The van der Waals surface area contributed by atoms with Gasteiger partial charge in [0.25, 0.3) is 0 Å². The molecule has 3 aromatic rings. The van der Waals surface area contributed by atoms with Crippen LogP contribution in [0.1, 0.15) is 42.5 Å². The molecule has 2 aliphatic carbocycles. The Kier molecular flexibility index (Phi) is 4.15. The van der Waals surface area contributed by atoms with Gasteiger partial charge in [-0.1, -0.05) is 0 Å². The Morgan fingerprint density at radius 2 is 1.78 bits per heavy atom. The van der Waals surface area contributed by atoms with Crippen molar-refractivity contribution in [3.05, 3.63) is 47.8 Å². The van der Waals surface area contributed by atoms with Crippen molar-refractivity contribution in [2.75, 3.05) is 31.1 Å². The summed E-state index contributed by atoms with van der Waals surface area (Å²) in [5.74, 6) is 0.396. The monoisotopic (exact) mass is 509 g/mol. The van der Waals surface area contributed by atoms with Crippen molar-refractivity contribution >= 4 is 16.6 Å². The Morgan fingerprint density at radius 3 is 2.44 bits per heavy atom. The van der Waals surface area contributed by atoms with Crippen LogP contribution in [-0.4, -0.2) is 47.5 Å². The number of rotatable bonds is 3. The molecule has 2 saturated heterocycles. The number of halogens is 6. The highest BCUT2D eigenvalue weighted by Gasteiger charge is 2.86. The molecule has 190 valence electrons. The summed E-state index contributed by atoms with van der Waals surface area (Å²) in [5.41, 5.74) is -4.21. The largest absolute Gasteiger partial charge is 0.424 e. The standard InChI is InChI=1S/C24H21F6N5O/c25-23(26,27)15-3-4-16(14-2-1-5-32-17(14)15)35-11-21(8-22(21,12-35)24(28,29)30)19-34-33-18(36-19)13-6-20(7-13)9-31-10-20/h1-5,13,31H,6-12H2/t21-,22-/m0/s1. The number of fused-ring (bicyclic) bond motifs is 2. The van der Waals surface area contributed by atoms with Crippen molar-refractivity contribution in [1.29, 1.82) is 0 Å². The van der Waals surface area contributed by atoms with Crippen LogP contribution in [0.25, 0.3) is 10.9 Å². The number of piperidine rings is 1. The molecule has 12 heteroatoms. The van der Waals surface area contributed by atoms with Gasteiger partial charge in [-0.25, -0.2) is 0 Å². The SMILES string of the molecule is FC(F)(F)c1ccc(N2C[C@]3(c4nnc(C5CC6(CNC6)C5)o4)C[C@]3(C(F)(F)F)C2)c2cccnc12. The van der Waals surface area contributed by atoms with Crippen LogP contribution < -0.4 is 10.2 Å². The minimum atomic E-state index is -4.64. The average Bonchev–Trinajstić information content (AvgIpc) is 3.07. The van der Waals surface area contributed by atoms with E-state index in [1.807, 2.05) is 0 Å². The molecule has 2 aromatic heterocycles. The van der Waals surface area contributed by atoms with E-state index in [4.69, 9.17) is 4.42 Å². The Labute approximate surface area is 201 Å². The van der Waals surface area contributed by atoms with E-state index in [-0.39, 0.29) is 46.8 Å². The minimum Gasteiger partial charge on any atom is -0.424 e. The highest BCUT2D eigenvalue weighted by atomic mass is 19.4. The molecule has 2 atom stereocenters. The van der Waals surface area contributed by atoms with E-state index >= 15 is 0 Å². The third-order valence-electron chi connectivity index (χ3n) is 8.81. The van der Waals surface area contributed by atoms with Gasteiger partial charge in [-0.05, 0) is 48.9 Å². The molecule has 4 fully saturated rings. The van der Waals surface area contributed by atoms with Gasteiger partial charge in [-0.2, -0.15) is 26.3 Å². The molecule has 36 heavy (non-hydrogen) atoms. The fraction of sp³-hybridized carbons (Fsp3) is 0.542. The zero-order valence-electron chi connectivity index (χ0n) is 18.9. The Bertz CT molecular complexity index is 1370. The van der Waals surface area contributed by atoms with E-state index in [1.54, 1.807) is 0 Å². The highest BCUT2D eigenvalue weighted by molar-refractivity contribution is 5.94. The first-order valence-electron chi connectivity index (χ1n) is 11.8. The van der Waals surface area contributed by atoms with Gasteiger partial charge in [0.15, 0.2) is 0 Å². The first-order valence-corrected chi connectivity index (χ1v) is 11.8. The Balaban J connectivity index is 1.25. The quantitative estimate of drug-likeness (QED) is 0.511. The van der Waals surface area contributed by atoms with Crippen LogP contribution in [0, 0.1) is 10.8 Å². The molecule has 4 aliphatic rings. The third kappa shape index (κ3) is 2.81. The maximum atomic E-state index is 14.5. The summed E-state index contributed by atoms with van der Waals surface area (Å²) in [5, 5.41) is 11.6. The average molecular weight is 509 g/mol. The molecule has 0 unspecified atom stereocenters. The number of aromatic nitrogens is 3. The van der Waals surface area contributed by atoms with Crippen molar-refractivity contribution in [1.82, 2.24) is 20.5 Å². The maximum Gasteiger partial charge on any atom is 0.418 e. The molecular weight excluding hydrogens is 488 g/mol. The molecule has 0 bridgehead atoms. The highest BCUT2D eigenvalue weighted by Crippen LogP contribution is 2.75. The van der Waals surface area contributed by atoms with Gasteiger partial charge in [-0.15, -0.1) is 10.2 Å².